The molecule has 0 aromatic heterocycles. The van der Waals surface area contributed by atoms with Crippen LogP contribution < -0.4 is 15.4 Å². The van der Waals surface area contributed by atoms with Gasteiger partial charge in [0, 0.05) is 13.1 Å². The van der Waals surface area contributed by atoms with Gasteiger partial charge in [0.05, 0.1) is 13.7 Å². The van der Waals surface area contributed by atoms with Crippen LogP contribution >= 0.6 is 0 Å². The lowest BCUT2D eigenvalue weighted by Gasteiger charge is -2.35. The monoisotopic (exact) mass is 543 g/mol. The van der Waals surface area contributed by atoms with Gasteiger partial charge < -0.3 is 20.1 Å². The van der Waals surface area contributed by atoms with Crippen LogP contribution in [0.15, 0.2) is 78.9 Å². The summed E-state index contributed by atoms with van der Waals surface area (Å²) in [4.78, 5) is 41.3. The molecule has 0 fully saturated rings. The van der Waals surface area contributed by atoms with E-state index in [-0.39, 0.29) is 19.1 Å². The minimum absolute atomic E-state index is 0.228. The van der Waals surface area contributed by atoms with Gasteiger partial charge in [0.15, 0.2) is 0 Å². The van der Waals surface area contributed by atoms with Crippen molar-refractivity contribution in [1.29, 1.82) is 0 Å². The molecule has 4 rings (SSSR count). The number of carbonyl (C=O) groups is 3. The van der Waals surface area contributed by atoms with E-state index < -0.39 is 24.0 Å². The van der Waals surface area contributed by atoms with Gasteiger partial charge in [-0.05, 0) is 60.6 Å². The van der Waals surface area contributed by atoms with Crippen molar-refractivity contribution in [2.24, 2.45) is 0 Å². The number of benzene rings is 3. The number of nitrogens with zero attached hydrogens (tertiary/aromatic N) is 1. The predicted octanol–water partition coefficient (Wildman–Crippen LogP) is 3.59. The van der Waals surface area contributed by atoms with Crippen molar-refractivity contribution < 1.29 is 23.9 Å². The molecule has 8 nitrogen and oxygen atoms in total. The zero-order valence-corrected chi connectivity index (χ0v) is 23.1. The summed E-state index contributed by atoms with van der Waals surface area (Å²) in [6.07, 6.45) is 1.79. The van der Waals surface area contributed by atoms with E-state index in [4.69, 9.17) is 9.47 Å². The van der Waals surface area contributed by atoms with Crippen LogP contribution in [0, 0.1) is 0 Å². The highest BCUT2D eigenvalue weighted by molar-refractivity contribution is 5.91. The van der Waals surface area contributed by atoms with Gasteiger partial charge in [0.2, 0.25) is 11.8 Å². The highest BCUT2D eigenvalue weighted by Crippen LogP contribution is 2.29. The maximum Gasteiger partial charge on any atom is 0.325 e. The van der Waals surface area contributed by atoms with E-state index in [9.17, 15) is 14.4 Å². The molecule has 0 aliphatic carbocycles. The minimum atomic E-state index is -0.833. The van der Waals surface area contributed by atoms with Crippen LogP contribution in [0.4, 0.5) is 0 Å². The zero-order valence-electron chi connectivity index (χ0n) is 23.1. The van der Waals surface area contributed by atoms with Crippen LogP contribution in [0.1, 0.15) is 41.6 Å². The van der Waals surface area contributed by atoms with Crippen LogP contribution in [-0.4, -0.2) is 55.5 Å². The number of fused-ring (bicyclic) bond motifs is 1. The Morgan fingerprint density at radius 3 is 2.30 bits per heavy atom. The van der Waals surface area contributed by atoms with E-state index in [1.807, 2.05) is 66.7 Å². The van der Waals surface area contributed by atoms with Gasteiger partial charge in [-0.25, -0.2) is 0 Å². The minimum Gasteiger partial charge on any atom is -0.497 e. The van der Waals surface area contributed by atoms with Crippen LogP contribution in [0.3, 0.4) is 0 Å². The molecule has 40 heavy (non-hydrogen) atoms. The Hall–Kier alpha value is -4.17. The molecule has 3 aromatic carbocycles. The molecule has 8 heteroatoms. The number of esters is 1. The number of methoxy groups -OCH3 is 1. The molecule has 0 spiro atoms. The molecule has 3 aromatic rings. The van der Waals surface area contributed by atoms with Crippen molar-refractivity contribution >= 4 is 17.8 Å². The second-order valence-electron chi connectivity index (χ2n) is 9.77. The van der Waals surface area contributed by atoms with Crippen molar-refractivity contribution in [3.8, 4) is 5.75 Å². The smallest absolute Gasteiger partial charge is 0.325 e. The highest BCUT2D eigenvalue weighted by atomic mass is 16.5. The number of hydrogen-bond donors (Lipinski definition) is 2. The first-order valence-corrected chi connectivity index (χ1v) is 13.7. The van der Waals surface area contributed by atoms with Crippen LogP contribution in [0.5, 0.6) is 5.75 Å². The Labute approximate surface area is 235 Å². The quantitative estimate of drug-likeness (QED) is 0.339. The third kappa shape index (κ3) is 7.70. The zero-order chi connectivity index (χ0) is 28.3. The largest absolute Gasteiger partial charge is 0.497 e. The number of rotatable bonds is 12. The van der Waals surface area contributed by atoms with Gasteiger partial charge in [-0.3, -0.25) is 19.3 Å². The predicted molar refractivity (Wildman–Crippen MR) is 153 cm³/mol. The fraction of sp³-hybridized carbons (Fsp3) is 0.344. The van der Waals surface area contributed by atoms with E-state index in [0.717, 1.165) is 17.5 Å². The average molecular weight is 544 g/mol. The number of hydrogen-bond acceptors (Lipinski definition) is 6. The van der Waals surface area contributed by atoms with E-state index in [0.29, 0.717) is 31.7 Å². The molecule has 1 aliphatic heterocycles. The molecule has 210 valence electrons. The average Bonchev–Trinajstić information content (AvgIpc) is 2.99. The highest BCUT2D eigenvalue weighted by Gasteiger charge is 2.33. The molecule has 1 heterocycles. The number of carbonyl (C=O) groups excluding carboxylic acids is 3. The molecule has 2 N–H and O–H groups in total. The summed E-state index contributed by atoms with van der Waals surface area (Å²) in [5, 5.41) is 5.65. The maximum atomic E-state index is 14.0. The van der Waals surface area contributed by atoms with E-state index in [2.05, 4.69) is 27.7 Å². The lowest BCUT2D eigenvalue weighted by Crippen LogP contribution is -2.52. The van der Waals surface area contributed by atoms with Gasteiger partial charge in [-0.2, -0.15) is 0 Å². The topological polar surface area (TPSA) is 97.0 Å². The lowest BCUT2D eigenvalue weighted by atomic mass is 9.95. The fourth-order valence-corrected chi connectivity index (χ4v) is 5.02. The molecule has 1 unspecified atom stereocenters. The van der Waals surface area contributed by atoms with Crippen LogP contribution in [0.2, 0.25) is 0 Å². The van der Waals surface area contributed by atoms with Gasteiger partial charge in [-0.15, -0.1) is 0 Å². The first kappa shape index (κ1) is 28.8. The Bertz CT molecular complexity index is 1280. The first-order chi connectivity index (χ1) is 19.5. The summed E-state index contributed by atoms with van der Waals surface area (Å²) in [5.41, 5.74) is 4.34. The van der Waals surface area contributed by atoms with Crippen molar-refractivity contribution in [1.82, 2.24) is 15.5 Å². The maximum absolute atomic E-state index is 14.0. The number of aryl methyl sites for hydroxylation is 1. The summed E-state index contributed by atoms with van der Waals surface area (Å²) >= 11 is 0. The lowest BCUT2D eigenvalue weighted by molar-refractivity contribution is -0.143. The summed E-state index contributed by atoms with van der Waals surface area (Å²) in [7, 11) is 1.60. The van der Waals surface area contributed by atoms with E-state index in [1.54, 1.807) is 14.0 Å². The molecule has 0 radical (unpaired) electrons. The number of ether oxygens (including phenoxy) is 2. The normalized spacial score (nSPS) is 14.3. The van der Waals surface area contributed by atoms with Crippen molar-refractivity contribution in [3.05, 3.63) is 101 Å². The van der Waals surface area contributed by atoms with E-state index in [1.165, 1.54) is 11.1 Å². The molecule has 0 bridgehead atoms. The molecule has 2 atom stereocenters. The van der Waals surface area contributed by atoms with Crippen molar-refractivity contribution in [3.63, 3.8) is 0 Å². The van der Waals surface area contributed by atoms with Crippen molar-refractivity contribution in [2.75, 3.05) is 26.8 Å². The molecule has 0 saturated carbocycles. The van der Waals surface area contributed by atoms with Crippen LogP contribution in [-0.2, 0) is 38.5 Å². The van der Waals surface area contributed by atoms with Gasteiger partial charge >= 0.3 is 5.97 Å². The third-order valence-corrected chi connectivity index (χ3v) is 7.11. The van der Waals surface area contributed by atoms with Crippen LogP contribution in [0.25, 0.3) is 0 Å². The molecular formula is C32H37N3O5. The van der Waals surface area contributed by atoms with Gasteiger partial charge in [0.1, 0.15) is 24.4 Å². The Kier molecular flexibility index (Phi) is 10.3. The Morgan fingerprint density at radius 2 is 1.60 bits per heavy atom. The molecule has 1 aliphatic rings. The molecular weight excluding hydrogens is 506 g/mol. The standard InChI is InChI=1S/C32H37N3O5/c1-3-40-29(36)21-33-31(37)28(18-13-23-9-5-4-6-10-23)34-32(38)30(25-14-16-27(39-2)17-15-25)35-20-19-24-11-7-8-12-26(24)22-35/h4-12,14-17,28,30H,3,13,18-22H2,1-2H3,(H,33,37)(H,34,38)/t28-,30?/m0/s1. The third-order valence-electron chi connectivity index (χ3n) is 7.11. The Balaban J connectivity index is 1.56. The summed E-state index contributed by atoms with van der Waals surface area (Å²) in [6, 6.07) is 24.1. The molecule has 2 amide bonds. The van der Waals surface area contributed by atoms with Gasteiger partial charge in [-0.1, -0.05) is 66.7 Å². The molecule has 0 saturated heterocycles. The Morgan fingerprint density at radius 1 is 0.900 bits per heavy atom. The van der Waals surface area contributed by atoms with Gasteiger partial charge in [0.25, 0.3) is 0 Å². The second-order valence-corrected chi connectivity index (χ2v) is 9.77. The first-order valence-electron chi connectivity index (χ1n) is 13.7. The second kappa shape index (κ2) is 14.3. The van der Waals surface area contributed by atoms with Crippen molar-refractivity contribution in [2.45, 2.75) is 44.8 Å². The summed E-state index contributed by atoms with van der Waals surface area (Å²) in [6.45, 7) is 3.00. The SMILES string of the molecule is CCOC(=O)CNC(=O)[C@H](CCc1ccccc1)NC(=O)C(c1ccc(OC)cc1)N1CCc2ccccc2C1. The fourth-order valence-electron chi connectivity index (χ4n) is 5.02. The summed E-state index contributed by atoms with van der Waals surface area (Å²) in [5.74, 6) is -0.512. The van der Waals surface area contributed by atoms with E-state index >= 15 is 0 Å². The number of amides is 2. The number of nitrogens with one attached hydrogen (secondary N) is 2. The summed E-state index contributed by atoms with van der Waals surface area (Å²) < 4.78 is 10.3.